The van der Waals surface area contributed by atoms with Gasteiger partial charge in [-0.1, -0.05) is 18.2 Å². The maximum Gasteiger partial charge on any atom is 0.415 e. The van der Waals surface area contributed by atoms with Gasteiger partial charge in [-0.15, -0.1) is 0 Å². The number of nitrogen functional groups attached to an aromatic ring is 1. The molecule has 0 bridgehead atoms. The number of aliphatic hydroxyl groups is 1. The minimum Gasteiger partial charge on any atom is -0.494 e. The summed E-state index contributed by atoms with van der Waals surface area (Å²) in [6.45, 7) is 10.7. The molecule has 0 saturated carbocycles. The number of benzene rings is 3. The fraction of sp³-hybridized carbons (Fsp3) is 0.476. The van der Waals surface area contributed by atoms with Crippen LogP contribution >= 0.6 is 0 Å². The summed E-state index contributed by atoms with van der Waals surface area (Å²) in [5.74, 6) is -0.0381. The van der Waals surface area contributed by atoms with E-state index in [4.69, 9.17) is 19.9 Å². The number of rotatable bonds is 13. The van der Waals surface area contributed by atoms with Crippen molar-refractivity contribution in [3.8, 4) is 11.5 Å². The molecule has 3 amide bonds. The number of aliphatic hydroxyl groups excluding tert-OH is 1. The first kappa shape index (κ1) is 41.0. The summed E-state index contributed by atoms with van der Waals surface area (Å²) < 4.78 is 17.5. The van der Waals surface area contributed by atoms with Gasteiger partial charge in [-0.25, -0.2) is 4.79 Å². The van der Waals surface area contributed by atoms with Crippen LogP contribution in [-0.4, -0.2) is 111 Å². The average molecular weight is 758 g/mol. The van der Waals surface area contributed by atoms with Crippen LogP contribution in [0.3, 0.4) is 0 Å². The van der Waals surface area contributed by atoms with Crippen molar-refractivity contribution in [2.24, 2.45) is 0 Å². The zero-order valence-electron chi connectivity index (χ0n) is 33.1. The fourth-order valence-corrected chi connectivity index (χ4v) is 7.04. The highest BCUT2D eigenvalue weighted by atomic mass is 16.6. The number of nitrogens with two attached hydrogens (primary N) is 1. The molecule has 1 atom stereocenters. The molecule has 1 unspecified atom stereocenters. The molecule has 2 heterocycles. The quantitative estimate of drug-likeness (QED) is 0.130. The number of likely N-dealkylation sites (N-methyl/N-ethyl adjacent to an activating group) is 1. The number of unbranched alkanes of at least 4 members (excludes halogenated alkanes) is 2. The summed E-state index contributed by atoms with van der Waals surface area (Å²) in [5, 5.41) is 10.2. The van der Waals surface area contributed by atoms with Crippen molar-refractivity contribution in [1.29, 1.82) is 0 Å². The largest absolute Gasteiger partial charge is 0.494 e. The van der Waals surface area contributed by atoms with Gasteiger partial charge in [-0.3, -0.25) is 19.3 Å². The Bertz CT molecular complexity index is 1900. The van der Waals surface area contributed by atoms with E-state index in [0.717, 1.165) is 51.0 Å². The normalized spacial score (nSPS) is 15.7. The molecule has 0 aromatic heterocycles. The average Bonchev–Trinajstić information content (AvgIpc) is 3.54. The van der Waals surface area contributed by atoms with Crippen molar-refractivity contribution < 1.29 is 38.5 Å². The molecular formula is C42H55N5O8. The third-order valence-corrected chi connectivity index (χ3v) is 10.1. The number of piperazine rings is 1. The predicted molar refractivity (Wildman–Crippen MR) is 213 cm³/mol. The molecule has 55 heavy (non-hydrogen) atoms. The number of anilines is 3. The van der Waals surface area contributed by atoms with Gasteiger partial charge in [0, 0.05) is 45.2 Å². The van der Waals surface area contributed by atoms with Crippen LogP contribution in [0.15, 0.2) is 48.5 Å². The van der Waals surface area contributed by atoms with Gasteiger partial charge in [0.2, 0.25) is 5.91 Å². The number of nitrogens with zero attached hydrogens (tertiary/aromatic N) is 4. The predicted octanol–water partition coefficient (Wildman–Crippen LogP) is 5.47. The number of ether oxygens (including phenoxy) is 3. The Morgan fingerprint density at radius 1 is 0.945 bits per heavy atom. The molecule has 3 N–H and O–H groups in total. The summed E-state index contributed by atoms with van der Waals surface area (Å²) in [4.78, 5) is 61.0. The molecule has 1 fully saturated rings. The number of hydrogen-bond donors (Lipinski definition) is 2. The minimum absolute atomic E-state index is 0.00194. The Morgan fingerprint density at radius 3 is 2.33 bits per heavy atom. The van der Waals surface area contributed by atoms with Crippen molar-refractivity contribution in [2.75, 3.05) is 76.1 Å². The SMILES string of the molecule is COc1c(C(=O)c2cccc3c2CC(CO)N3C(=O)OC(C)(C)C)ccc(C(=O)N(C)c2ccc(C)cc2OCCCCCC(=O)N2CCN(C)CC2)c1N. The van der Waals surface area contributed by atoms with Crippen LogP contribution in [0.1, 0.15) is 83.9 Å². The van der Waals surface area contributed by atoms with E-state index in [2.05, 4.69) is 11.9 Å². The topological polar surface area (TPSA) is 155 Å². The smallest absolute Gasteiger partial charge is 0.415 e. The Morgan fingerprint density at radius 2 is 1.65 bits per heavy atom. The number of methoxy groups -OCH3 is 1. The Labute approximate surface area is 323 Å². The number of carbonyl (C=O) groups is 4. The molecule has 13 heteroatoms. The highest BCUT2D eigenvalue weighted by Crippen LogP contribution is 2.39. The highest BCUT2D eigenvalue weighted by molar-refractivity contribution is 6.16. The van der Waals surface area contributed by atoms with E-state index < -0.39 is 29.4 Å². The molecule has 2 aliphatic rings. The summed E-state index contributed by atoms with van der Waals surface area (Å²) in [7, 11) is 5.09. The van der Waals surface area contributed by atoms with E-state index in [9.17, 15) is 24.3 Å². The second-order valence-electron chi connectivity index (χ2n) is 15.3. The second kappa shape index (κ2) is 17.5. The minimum atomic E-state index is -0.757. The van der Waals surface area contributed by atoms with Crippen molar-refractivity contribution in [3.05, 3.63) is 76.3 Å². The molecule has 296 valence electrons. The third-order valence-electron chi connectivity index (χ3n) is 10.1. The van der Waals surface area contributed by atoms with Crippen molar-refractivity contribution in [2.45, 2.75) is 71.4 Å². The lowest BCUT2D eigenvalue weighted by molar-refractivity contribution is -0.132. The first-order valence-electron chi connectivity index (χ1n) is 18.9. The highest BCUT2D eigenvalue weighted by Gasteiger charge is 2.39. The van der Waals surface area contributed by atoms with Gasteiger partial charge in [0.1, 0.15) is 11.4 Å². The van der Waals surface area contributed by atoms with Gasteiger partial charge in [0.15, 0.2) is 11.5 Å². The van der Waals surface area contributed by atoms with Crippen LogP contribution < -0.4 is 25.0 Å². The van der Waals surface area contributed by atoms with Crippen LogP contribution in [-0.2, 0) is 16.0 Å². The first-order valence-corrected chi connectivity index (χ1v) is 18.9. The molecule has 3 aromatic carbocycles. The zero-order chi connectivity index (χ0) is 40.0. The molecule has 3 aromatic rings. The second-order valence-corrected chi connectivity index (χ2v) is 15.3. The number of carbonyl (C=O) groups excluding carboxylic acids is 4. The molecule has 13 nitrogen and oxygen atoms in total. The summed E-state index contributed by atoms with van der Waals surface area (Å²) in [6, 6.07) is 13.1. The molecule has 1 saturated heterocycles. The van der Waals surface area contributed by atoms with Crippen molar-refractivity contribution in [1.82, 2.24) is 9.80 Å². The van der Waals surface area contributed by atoms with Crippen molar-refractivity contribution >= 4 is 40.8 Å². The van der Waals surface area contributed by atoms with Crippen molar-refractivity contribution in [3.63, 3.8) is 0 Å². The number of ketones is 1. The Kier molecular flexibility index (Phi) is 13.1. The first-order chi connectivity index (χ1) is 26.1. The third kappa shape index (κ3) is 9.40. The van der Waals surface area contributed by atoms with Crippen LogP contribution in [0.2, 0.25) is 0 Å². The number of amides is 3. The molecule has 2 aliphatic heterocycles. The van der Waals surface area contributed by atoms with E-state index in [0.29, 0.717) is 41.3 Å². The molecule has 0 radical (unpaired) electrons. The van der Waals surface area contributed by atoms with Gasteiger partial charge >= 0.3 is 6.09 Å². The zero-order valence-corrected chi connectivity index (χ0v) is 33.1. The van der Waals surface area contributed by atoms with Crippen LogP contribution in [0, 0.1) is 6.92 Å². The van der Waals surface area contributed by atoms with Gasteiger partial charge in [0.25, 0.3) is 5.91 Å². The summed E-state index contributed by atoms with van der Waals surface area (Å²) in [5.41, 5.74) is 9.01. The monoisotopic (exact) mass is 757 g/mol. The van der Waals surface area contributed by atoms with Crippen LogP contribution in [0.5, 0.6) is 11.5 Å². The van der Waals surface area contributed by atoms with Crippen LogP contribution in [0.25, 0.3) is 0 Å². The molecule has 0 spiro atoms. The van der Waals surface area contributed by atoms with E-state index in [1.54, 1.807) is 46.0 Å². The maximum absolute atomic E-state index is 14.2. The van der Waals surface area contributed by atoms with Gasteiger partial charge in [-0.2, -0.15) is 0 Å². The Hall–Kier alpha value is -5.14. The number of fused-ring (bicyclic) bond motifs is 1. The molecular weight excluding hydrogens is 702 g/mol. The summed E-state index contributed by atoms with van der Waals surface area (Å²) >= 11 is 0. The van der Waals surface area contributed by atoms with E-state index >= 15 is 0 Å². The fourth-order valence-electron chi connectivity index (χ4n) is 7.04. The molecule has 5 rings (SSSR count). The van der Waals surface area contributed by atoms with E-state index in [1.165, 1.54) is 29.0 Å². The molecule has 0 aliphatic carbocycles. The lowest BCUT2D eigenvalue weighted by Crippen LogP contribution is -2.47. The van der Waals surface area contributed by atoms with Crippen LogP contribution in [0.4, 0.5) is 21.9 Å². The lowest BCUT2D eigenvalue weighted by atomic mass is 9.94. The standard InChI is InChI=1S/C42H55N5O8/c1-27-15-18-34(35(24-27)54-23-10-8-9-14-36(49)46-21-19-44(5)20-22-46)45(6)40(51)30-16-17-31(39(53-7)37(30)43)38(50)29-12-11-13-33-32(29)25-28(26-48)47(33)41(52)55-42(2,3)4/h11-13,15-18,24,28,48H,8-10,14,19-23,25-26,43H2,1-7H3. The van der Waals surface area contributed by atoms with Gasteiger partial charge in [-0.05, 0) is 102 Å². The van der Waals surface area contributed by atoms with Gasteiger partial charge in [0.05, 0.1) is 54.6 Å². The summed E-state index contributed by atoms with van der Waals surface area (Å²) in [6.07, 6.45) is 2.53. The van der Waals surface area contributed by atoms with E-state index in [1.807, 2.05) is 30.0 Å². The Balaban J connectivity index is 1.29. The lowest BCUT2D eigenvalue weighted by Gasteiger charge is -2.32. The maximum atomic E-state index is 14.2. The number of hydrogen-bond acceptors (Lipinski definition) is 10. The number of aryl methyl sites for hydroxylation is 1. The van der Waals surface area contributed by atoms with E-state index in [-0.39, 0.29) is 41.5 Å². The van der Waals surface area contributed by atoms with Gasteiger partial charge < -0.3 is 39.8 Å².